The molecular weight excluding hydrogens is 413 g/mol. The van der Waals surface area contributed by atoms with Gasteiger partial charge in [-0.1, -0.05) is 70.3 Å². The van der Waals surface area contributed by atoms with Crippen molar-refractivity contribution in [1.29, 1.82) is 0 Å². The topological polar surface area (TPSA) is 68.1 Å². The van der Waals surface area contributed by atoms with Crippen LogP contribution >= 0.6 is 34.8 Å². The number of hydrogen-bond donors (Lipinski definition) is 1. The van der Waals surface area contributed by atoms with Gasteiger partial charge in [0, 0.05) is 5.56 Å². The molecule has 2 rings (SSSR count). The Morgan fingerprint density at radius 2 is 1.96 bits per heavy atom. The lowest BCUT2D eigenvalue weighted by Crippen LogP contribution is -2.18. The van der Waals surface area contributed by atoms with Gasteiger partial charge in [-0.2, -0.15) is 0 Å². The number of aliphatic carboxylic acids is 1. The molecule has 0 aliphatic carbocycles. The van der Waals surface area contributed by atoms with Crippen LogP contribution in [0.15, 0.2) is 52.1 Å². The fourth-order valence-corrected chi connectivity index (χ4v) is 2.71. The van der Waals surface area contributed by atoms with Crippen molar-refractivity contribution >= 4 is 52.6 Å². The molecule has 0 saturated carbocycles. The van der Waals surface area contributed by atoms with Crippen LogP contribution in [0.25, 0.3) is 6.08 Å². The highest BCUT2D eigenvalue weighted by molar-refractivity contribution is 6.57. The zero-order valence-corrected chi connectivity index (χ0v) is 16.6. The fraction of sp³-hybridized carbons (Fsp3) is 0.158. The molecule has 1 N–H and O–H groups in total. The first kappa shape index (κ1) is 21.1. The molecule has 0 spiro atoms. The van der Waals surface area contributed by atoms with Gasteiger partial charge in [0.15, 0.2) is 5.71 Å². The highest BCUT2D eigenvalue weighted by Gasteiger charge is 2.18. The molecule has 0 fully saturated rings. The molecule has 0 bridgehead atoms. The van der Waals surface area contributed by atoms with Crippen molar-refractivity contribution in [3.8, 4) is 5.75 Å². The van der Waals surface area contributed by atoms with Gasteiger partial charge >= 0.3 is 5.97 Å². The SMILES string of the molecule is CCON=C(C(=O)O)c1ccccc1COc1ccc(C=C(Cl)Cl)cc1Cl. The van der Waals surface area contributed by atoms with Crippen molar-refractivity contribution in [3.05, 3.63) is 68.7 Å². The molecule has 2 aromatic rings. The maximum atomic E-state index is 11.5. The second kappa shape index (κ2) is 10.2. The Bertz CT molecular complexity index is 877. The number of benzene rings is 2. The van der Waals surface area contributed by atoms with Crippen LogP contribution in [0.5, 0.6) is 5.75 Å². The van der Waals surface area contributed by atoms with Gasteiger partial charge in [0.2, 0.25) is 0 Å². The van der Waals surface area contributed by atoms with Gasteiger partial charge in [-0.05, 0) is 36.3 Å². The summed E-state index contributed by atoms with van der Waals surface area (Å²) in [5, 5.41) is 13.5. The maximum Gasteiger partial charge on any atom is 0.358 e. The van der Waals surface area contributed by atoms with Crippen LogP contribution in [-0.2, 0) is 16.2 Å². The van der Waals surface area contributed by atoms with Gasteiger partial charge in [-0.3, -0.25) is 0 Å². The number of hydrogen-bond acceptors (Lipinski definition) is 4. The molecule has 0 aromatic heterocycles. The Morgan fingerprint density at radius 1 is 1.22 bits per heavy atom. The molecule has 0 atom stereocenters. The van der Waals surface area contributed by atoms with Crippen molar-refractivity contribution in [2.45, 2.75) is 13.5 Å². The molecule has 0 heterocycles. The largest absolute Gasteiger partial charge is 0.487 e. The summed E-state index contributed by atoms with van der Waals surface area (Å²) >= 11 is 17.5. The van der Waals surface area contributed by atoms with Crippen LogP contribution in [0.1, 0.15) is 23.6 Å². The first-order chi connectivity index (χ1) is 12.9. The van der Waals surface area contributed by atoms with Crippen LogP contribution in [-0.4, -0.2) is 23.4 Å². The molecule has 8 heteroatoms. The van der Waals surface area contributed by atoms with Gasteiger partial charge in [-0.25, -0.2) is 4.79 Å². The lowest BCUT2D eigenvalue weighted by Gasteiger charge is -2.12. The first-order valence-corrected chi connectivity index (χ1v) is 9.02. The van der Waals surface area contributed by atoms with Crippen molar-refractivity contribution in [1.82, 2.24) is 0 Å². The normalized spacial score (nSPS) is 11.0. The standard InChI is InChI=1S/C19H16Cl3NO4/c1-2-27-23-18(19(24)25)14-6-4-3-5-13(14)11-26-16-8-7-12(9-15(16)20)10-17(21)22/h3-10H,2,11H2,1H3,(H,24,25). The van der Waals surface area contributed by atoms with Crippen LogP contribution in [0.3, 0.4) is 0 Å². The highest BCUT2D eigenvalue weighted by Crippen LogP contribution is 2.28. The van der Waals surface area contributed by atoms with Gasteiger partial charge in [0.1, 0.15) is 23.5 Å². The number of carboxylic acid groups (broad SMARTS) is 1. The third-order valence-corrected chi connectivity index (χ3v) is 3.89. The summed E-state index contributed by atoms with van der Waals surface area (Å²) in [6, 6.07) is 12.0. The van der Waals surface area contributed by atoms with Crippen molar-refractivity contribution in [2.24, 2.45) is 5.16 Å². The van der Waals surface area contributed by atoms with E-state index in [0.717, 1.165) is 5.56 Å². The smallest absolute Gasteiger partial charge is 0.358 e. The molecular formula is C19H16Cl3NO4. The minimum absolute atomic E-state index is 0.0970. The molecule has 0 aliphatic rings. The van der Waals surface area contributed by atoms with E-state index >= 15 is 0 Å². The average Bonchev–Trinajstić information content (AvgIpc) is 2.61. The Balaban J connectivity index is 2.24. The van der Waals surface area contributed by atoms with Crippen LogP contribution in [0.2, 0.25) is 5.02 Å². The third kappa shape index (κ3) is 6.17. The molecule has 27 heavy (non-hydrogen) atoms. The second-order valence-corrected chi connectivity index (χ2v) is 6.65. The molecule has 0 amide bonds. The monoisotopic (exact) mass is 427 g/mol. The summed E-state index contributed by atoms with van der Waals surface area (Å²) in [5.41, 5.74) is 1.56. The number of nitrogens with zero attached hydrogens (tertiary/aromatic N) is 1. The Morgan fingerprint density at radius 3 is 2.59 bits per heavy atom. The zero-order chi connectivity index (χ0) is 19.8. The Labute approximate surface area is 171 Å². The lowest BCUT2D eigenvalue weighted by molar-refractivity contribution is -0.129. The quantitative estimate of drug-likeness (QED) is 0.444. The molecule has 0 unspecified atom stereocenters. The van der Waals surface area contributed by atoms with Crippen molar-refractivity contribution in [3.63, 3.8) is 0 Å². The van der Waals surface area contributed by atoms with Gasteiger partial charge < -0.3 is 14.7 Å². The summed E-state index contributed by atoms with van der Waals surface area (Å²) in [6.45, 7) is 2.08. The summed E-state index contributed by atoms with van der Waals surface area (Å²) in [4.78, 5) is 16.4. The fourth-order valence-electron chi connectivity index (χ4n) is 2.22. The van der Waals surface area contributed by atoms with Crippen LogP contribution < -0.4 is 4.74 Å². The minimum Gasteiger partial charge on any atom is -0.487 e. The highest BCUT2D eigenvalue weighted by atomic mass is 35.5. The van der Waals surface area contributed by atoms with Crippen LogP contribution in [0, 0.1) is 0 Å². The predicted molar refractivity (Wildman–Crippen MR) is 108 cm³/mol. The second-order valence-electron chi connectivity index (χ2n) is 5.23. The average molecular weight is 429 g/mol. The molecule has 5 nitrogen and oxygen atoms in total. The lowest BCUT2D eigenvalue weighted by atomic mass is 10.0. The van der Waals surface area contributed by atoms with Gasteiger partial charge in [0.05, 0.1) is 5.02 Å². The number of oxime groups is 1. The Kier molecular flexibility index (Phi) is 7.98. The molecule has 0 aliphatic heterocycles. The van der Waals surface area contributed by atoms with Gasteiger partial charge in [0.25, 0.3) is 0 Å². The van der Waals surface area contributed by atoms with E-state index in [1.807, 2.05) is 0 Å². The van der Waals surface area contributed by atoms with E-state index in [2.05, 4.69) is 5.16 Å². The van der Waals surface area contributed by atoms with E-state index in [-0.39, 0.29) is 23.4 Å². The maximum absolute atomic E-state index is 11.5. The van der Waals surface area contributed by atoms with E-state index in [1.54, 1.807) is 55.5 Å². The number of carbonyl (C=O) groups is 1. The Hall–Kier alpha value is -2.21. The zero-order valence-electron chi connectivity index (χ0n) is 14.3. The van der Waals surface area contributed by atoms with Gasteiger partial charge in [-0.15, -0.1) is 0 Å². The number of halogens is 3. The van der Waals surface area contributed by atoms with E-state index in [9.17, 15) is 9.90 Å². The number of rotatable bonds is 8. The number of carboxylic acids is 1. The van der Waals surface area contributed by atoms with E-state index in [1.165, 1.54) is 0 Å². The molecule has 2 aromatic carbocycles. The molecule has 142 valence electrons. The third-order valence-electron chi connectivity index (χ3n) is 3.37. The minimum atomic E-state index is -1.19. The summed E-state index contributed by atoms with van der Waals surface area (Å²) in [7, 11) is 0. The van der Waals surface area contributed by atoms with Crippen LogP contribution in [0.4, 0.5) is 0 Å². The molecule has 0 saturated heterocycles. The molecule has 0 radical (unpaired) electrons. The summed E-state index contributed by atoms with van der Waals surface area (Å²) in [5.74, 6) is -0.754. The predicted octanol–water partition coefficient (Wildman–Crippen LogP) is 5.52. The van der Waals surface area contributed by atoms with E-state index in [0.29, 0.717) is 21.9 Å². The van der Waals surface area contributed by atoms with Crippen molar-refractivity contribution < 1.29 is 19.5 Å². The summed E-state index contributed by atoms with van der Waals surface area (Å²) < 4.78 is 5.86. The summed E-state index contributed by atoms with van der Waals surface area (Å²) in [6.07, 6.45) is 1.55. The van der Waals surface area contributed by atoms with Crippen molar-refractivity contribution in [2.75, 3.05) is 6.61 Å². The van der Waals surface area contributed by atoms with E-state index in [4.69, 9.17) is 44.4 Å². The van der Waals surface area contributed by atoms with E-state index < -0.39 is 5.97 Å². The number of ether oxygens (including phenoxy) is 1. The first-order valence-electron chi connectivity index (χ1n) is 7.89.